The highest BCUT2D eigenvalue weighted by molar-refractivity contribution is 7.90. The van der Waals surface area contributed by atoms with Gasteiger partial charge in [0.15, 0.2) is 0 Å². The number of hydrogen-bond acceptors (Lipinski definition) is 1. The van der Waals surface area contributed by atoms with E-state index in [4.69, 9.17) is 0 Å². The minimum Gasteiger partial charge on any atom is -0.143 e. The molecule has 0 unspecified atom stereocenters. The Balaban J connectivity index is 3.20. The van der Waals surface area contributed by atoms with Crippen molar-refractivity contribution in [2.45, 2.75) is 13.8 Å². The monoisotopic (exact) mass is 190 g/mol. The molecule has 0 N–H and O–H groups in total. The maximum absolute atomic E-state index is 4.41. The van der Waals surface area contributed by atoms with Crippen LogP contribution in [0.4, 0.5) is 0 Å². The molecule has 1 aromatic carbocycles. The molecule has 0 aliphatic heterocycles. The molecule has 0 bridgehead atoms. The summed E-state index contributed by atoms with van der Waals surface area (Å²) in [5, 5.41) is 0. The summed E-state index contributed by atoms with van der Waals surface area (Å²) in [7, 11) is 0. The summed E-state index contributed by atoms with van der Waals surface area (Å²) in [6.45, 7) is 7.82. The van der Waals surface area contributed by atoms with E-state index in [1.54, 1.807) is 6.08 Å². The first-order valence-corrected chi connectivity index (χ1v) is 4.69. The first-order chi connectivity index (χ1) is 6.15. The highest BCUT2D eigenvalue weighted by Crippen LogP contribution is 2.23. The van der Waals surface area contributed by atoms with E-state index in [0.29, 0.717) is 0 Å². The Bertz CT molecular complexity index is 348. The van der Waals surface area contributed by atoms with E-state index >= 15 is 0 Å². The van der Waals surface area contributed by atoms with Crippen molar-refractivity contribution < 1.29 is 0 Å². The fourth-order valence-corrected chi connectivity index (χ4v) is 1.56. The van der Waals surface area contributed by atoms with Gasteiger partial charge in [-0.15, -0.1) is 12.6 Å². The van der Waals surface area contributed by atoms with E-state index in [0.717, 1.165) is 4.91 Å². The van der Waals surface area contributed by atoms with Gasteiger partial charge in [0.1, 0.15) is 0 Å². The van der Waals surface area contributed by atoms with Crippen LogP contribution in [0.3, 0.4) is 0 Å². The molecule has 0 aliphatic carbocycles. The van der Waals surface area contributed by atoms with E-state index < -0.39 is 0 Å². The summed E-state index contributed by atoms with van der Waals surface area (Å²) in [4.78, 5) is 0.969. The van der Waals surface area contributed by atoms with Gasteiger partial charge < -0.3 is 0 Å². The van der Waals surface area contributed by atoms with Gasteiger partial charge in [-0.3, -0.25) is 0 Å². The van der Waals surface area contributed by atoms with Crippen LogP contribution >= 0.6 is 12.6 Å². The van der Waals surface area contributed by atoms with Gasteiger partial charge in [0.25, 0.3) is 0 Å². The van der Waals surface area contributed by atoms with Crippen LogP contribution in [0.2, 0.25) is 0 Å². The quantitative estimate of drug-likeness (QED) is 0.533. The number of aryl methyl sites for hydroxylation is 2. The topological polar surface area (TPSA) is 0 Å². The zero-order chi connectivity index (χ0) is 9.84. The predicted molar refractivity (Wildman–Crippen MR) is 63.1 cm³/mol. The molecule has 0 heterocycles. The van der Waals surface area contributed by atoms with Crippen LogP contribution in [-0.2, 0) is 0 Å². The number of benzene rings is 1. The Morgan fingerprint density at radius 1 is 1.38 bits per heavy atom. The smallest absolute Gasteiger partial charge is 0.0115 e. The summed E-state index contributed by atoms with van der Waals surface area (Å²) < 4.78 is 0. The fraction of sp³-hybridized carbons (Fsp3) is 0.167. The highest BCUT2D eigenvalue weighted by Gasteiger charge is 1.99. The Kier molecular flexibility index (Phi) is 3.38. The van der Waals surface area contributed by atoms with Crippen molar-refractivity contribution in [1.82, 2.24) is 0 Å². The van der Waals surface area contributed by atoms with Gasteiger partial charge >= 0.3 is 0 Å². The second-order valence-electron chi connectivity index (χ2n) is 3.11. The Morgan fingerprint density at radius 2 is 2.08 bits per heavy atom. The lowest BCUT2D eigenvalue weighted by Gasteiger charge is -2.05. The fourth-order valence-electron chi connectivity index (χ4n) is 1.21. The first kappa shape index (κ1) is 10.1. The molecular formula is C12H14S. The lowest BCUT2D eigenvalue weighted by atomic mass is 10.1. The maximum Gasteiger partial charge on any atom is 0.0115 e. The molecule has 0 saturated carbocycles. The van der Waals surface area contributed by atoms with Crippen molar-refractivity contribution in [3.05, 3.63) is 53.6 Å². The summed E-state index contributed by atoms with van der Waals surface area (Å²) in [5.74, 6) is 0. The lowest BCUT2D eigenvalue weighted by molar-refractivity contribution is 1.37. The van der Waals surface area contributed by atoms with Gasteiger partial charge in [-0.05, 0) is 31.1 Å². The molecule has 0 aromatic heterocycles. The third-order valence-corrected chi connectivity index (χ3v) is 2.33. The minimum atomic E-state index is 0.969. The molecular weight excluding hydrogens is 176 g/mol. The van der Waals surface area contributed by atoms with Crippen molar-refractivity contribution in [2.75, 3.05) is 0 Å². The molecule has 0 nitrogen and oxygen atoms in total. The summed E-state index contributed by atoms with van der Waals surface area (Å²) in [5.41, 5.74) is 3.68. The van der Waals surface area contributed by atoms with Crippen LogP contribution in [0.1, 0.15) is 16.7 Å². The Morgan fingerprint density at radius 3 is 2.69 bits per heavy atom. The predicted octanol–water partition coefficient (Wildman–Crippen LogP) is 3.76. The molecule has 0 saturated heterocycles. The summed E-state index contributed by atoms with van der Waals surface area (Å²) in [6.07, 6.45) is 3.66. The molecule has 0 radical (unpaired) electrons. The standard InChI is InChI=1S/C12H14S/c1-4-5-12(13)11-8-9(2)6-7-10(11)3/h4-8,13H,1H2,2-3H3/b12-5-. The van der Waals surface area contributed by atoms with Gasteiger partial charge in [0.2, 0.25) is 0 Å². The van der Waals surface area contributed by atoms with Gasteiger partial charge in [-0.1, -0.05) is 36.4 Å². The van der Waals surface area contributed by atoms with Gasteiger partial charge in [-0.25, -0.2) is 0 Å². The third kappa shape index (κ3) is 2.49. The van der Waals surface area contributed by atoms with Crippen LogP contribution in [0.15, 0.2) is 36.9 Å². The minimum absolute atomic E-state index is 0.969. The van der Waals surface area contributed by atoms with E-state index in [1.165, 1.54) is 16.7 Å². The van der Waals surface area contributed by atoms with Crippen molar-refractivity contribution >= 4 is 17.5 Å². The van der Waals surface area contributed by atoms with Crippen molar-refractivity contribution in [3.8, 4) is 0 Å². The van der Waals surface area contributed by atoms with Gasteiger partial charge in [0, 0.05) is 4.91 Å². The van der Waals surface area contributed by atoms with E-state index in [9.17, 15) is 0 Å². The Labute approximate surface area is 85.4 Å². The van der Waals surface area contributed by atoms with Crippen molar-refractivity contribution in [3.63, 3.8) is 0 Å². The summed E-state index contributed by atoms with van der Waals surface area (Å²) >= 11 is 4.41. The normalized spacial score (nSPS) is 11.5. The molecule has 0 amide bonds. The second-order valence-corrected chi connectivity index (χ2v) is 3.59. The SMILES string of the molecule is C=C/C=C(\S)c1cc(C)ccc1C. The summed E-state index contributed by atoms with van der Waals surface area (Å²) in [6, 6.07) is 6.35. The largest absolute Gasteiger partial charge is 0.143 e. The zero-order valence-corrected chi connectivity index (χ0v) is 8.94. The zero-order valence-electron chi connectivity index (χ0n) is 8.04. The average molecular weight is 190 g/mol. The van der Waals surface area contributed by atoms with E-state index in [-0.39, 0.29) is 0 Å². The van der Waals surface area contributed by atoms with Crippen LogP contribution in [-0.4, -0.2) is 0 Å². The van der Waals surface area contributed by atoms with Crippen LogP contribution in [0, 0.1) is 13.8 Å². The third-order valence-electron chi connectivity index (χ3n) is 1.94. The second kappa shape index (κ2) is 4.33. The number of rotatable bonds is 2. The van der Waals surface area contributed by atoms with Gasteiger partial charge in [-0.2, -0.15) is 0 Å². The molecule has 1 heteroatoms. The van der Waals surface area contributed by atoms with Crippen LogP contribution < -0.4 is 0 Å². The van der Waals surface area contributed by atoms with E-state index in [1.807, 2.05) is 6.08 Å². The lowest BCUT2D eigenvalue weighted by Crippen LogP contribution is -1.85. The molecule has 68 valence electrons. The van der Waals surface area contributed by atoms with E-state index in [2.05, 4.69) is 51.3 Å². The molecule has 0 spiro atoms. The highest BCUT2D eigenvalue weighted by atomic mass is 32.1. The maximum atomic E-state index is 4.41. The molecule has 0 aliphatic rings. The Hall–Kier alpha value is -0.950. The first-order valence-electron chi connectivity index (χ1n) is 4.24. The number of hydrogen-bond donors (Lipinski definition) is 1. The van der Waals surface area contributed by atoms with Gasteiger partial charge in [0.05, 0.1) is 0 Å². The van der Waals surface area contributed by atoms with Crippen LogP contribution in [0.5, 0.6) is 0 Å². The van der Waals surface area contributed by atoms with Crippen molar-refractivity contribution in [2.24, 2.45) is 0 Å². The molecule has 1 aromatic rings. The molecule has 0 fully saturated rings. The van der Waals surface area contributed by atoms with Crippen molar-refractivity contribution in [1.29, 1.82) is 0 Å². The number of thiol groups is 1. The number of allylic oxidation sites excluding steroid dienone is 2. The van der Waals surface area contributed by atoms with Crippen LogP contribution in [0.25, 0.3) is 4.91 Å². The average Bonchev–Trinajstić information content (AvgIpc) is 2.09. The molecule has 13 heavy (non-hydrogen) atoms. The molecule has 0 atom stereocenters. The molecule has 1 rings (SSSR count).